The van der Waals surface area contributed by atoms with Crippen molar-refractivity contribution < 1.29 is 14.3 Å². The molecular weight excluding hydrogens is 210 g/mol. The van der Waals surface area contributed by atoms with Gasteiger partial charge in [-0.2, -0.15) is 0 Å². The zero-order chi connectivity index (χ0) is 12.7. The van der Waals surface area contributed by atoms with Crippen molar-refractivity contribution in [2.45, 2.75) is 20.0 Å². The van der Waals surface area contributed by atoms with Crippen LogP contribution in [0.2, 0.25) is 0 Å². The molecule has 0 aromatic carbocycles. The van der Waals surface area contributed by atoms with Crippen LogP contribution in [0.5, 0.6) is 0 Å². The highest BCUT2D eigenvalue weighted by Gasteiger charge is 2.24. The minimum atomic E-state index is -0.710. The molecule has 16 heavy (non-hydrogen) atoms. The molecule has 2 amide bonds. The third kappa shape index (κ3) is 5.09. The number of primary amides is 1. The van der Waals surface area contributed by atoms with Crippen LogP contribution < -0.4 is 11.5 Å². The third-order valence-corrected chi connectivity index (χ3v) is 2.02. The second kappa shape index (κ2) is 7.19. The van der Waals surface area contributed by atoms with Crippen molar-refractivity contribution in [1.29, 1.82) is 0 Å². The minimum Gasteiger partial charge on any atom is -0.370 e. The Labute approximate surface area is 95.9 Å². The molecule has 0 saturated heterocycles. The monoisotopic (exact) mass is 231 g/mol. The number of hydrogen-bond acceptors (Lipinski definition) is 4. The number of methoxy groups -OCH3 is 1. The number of ether oxygens (including phenoxy) is 1. The molecule has 0 aromatic heterocycles. The van der Waals surface area contributed by atoms with Gasteiger partial charge >= 0.3 is 0 Å². The van der Waals surface area contributed by atoms with Gasteiger partial charge in [-0.25, -0.2) is 0 Å². The number of carbonyl (C=O) groups excluding carboxylic acids is 2. The second-order valence-electron chi connectivity index (χ2n) is 4.04. The fraction of sp³-hybridized carbons (Fsp3) is 0.800. The van der Waals surface area contributed by atoms with Crippen LogP contribution in [-0.2, 0) is 14.3 Å². The van der Waals surface area contributed by atoms with Gasteiger partial charge in [-0.1, -0.05) is 13.8 Å². The van der Waals surface area contributed by atoms with Gasteiger partial charge in [0.1, 0.15) is 6.10 Å². The zero-order valence-electron chi connectivity index (χ0n) is 10.1. The Bertz CT molecular complexity index is 239. The van der Waals surface area contributed by atoms with E-state index in [0.717, 1.165) is 0 Å². The van der Waals surface area contributed by atoms with E-state index in [9.17, 15) is 9.59 Å². The molecule has 94 valence electrons. The molecule has 1 unspecified atom stereocenters. The molecule has 0 rings (SSSR count). The lowest BCUT2D eigenvalue weighted by Crippen LogP contribution is -2.48. The Morgan fingerprint density at radius 2 is 1.94 bits per heavy atom. The van der Waals surface area contributed by atoms with E-state index in [-0.39, 0.29) is 24.9 Å². The molecule has 0 bridgehead atoms. The summed E-state index contributed by atoms with van der Waals surface area (Å²) in [4.78, 5) is 24.1. The van der Waals surface area contributed by atoms with E-state index >= 15 is 0 Å². The Balaban J connectivity index is 4.59. The molecule has 6 heteroatoms. The molecule has 0 aliphatic heterocycles. The first-order chi connectivity index (χ1) is 7.42. The van der Waals surface area contributed by atoms with Gasteiger partial charge in [0.05, 0.1) is 6.54 Å². The quantitative estimate of drug-likeness (QED) is 0.583. The van der Waals surface area contributed by atoms with E-state index in [4.69, 9.17) is 16.2 Å². The first kappa shape index (κ1) is 14.9. The molecule has 0 aliphatic carbocycles. The summed E-state index contributed by atoms with van der Waals surface area (Å²) < 4.78 is 4.94. The summed E-state index contributed by atoms with van der Waals surface area (Å²) in [5.41, 5.74) is 10.5. The Morgan fingerprint density at radius 3 is 2.25 bits per heavy atom. The van der Waals surface area contributed by atoms with E-state index in [2.05, 4.69) is 0 Å². The predicted octanol–water partition coefficient (Wildman–Crippen LogP) is -1.07. The van der Waals surface area contributed by atoms with Crippen LogP contribution >= 0.6 is 0 Å². The normalized spacial score (nSPS) is 12.6. The average molecular weight is 231 g/mol. The third-order valence-electron chi connectivity index (χ3n) is 2.02. The summed E-state index contributed by atoms with van der Waals surface area (Å²) in [6.45, 7) is 4.35. The first-order valence-corrected chi connectivity index (χ1v) is 5.22. The van der Waals surface area contributed by atoms with E-state index < -0.39 is 12.0 Å². The molecular formula is C10H21N3O3. The number of nitrogens with two attached hydrogens (primary N) is 2. The van der Waals surface area contributed by atoms with Gasteiger partial charge < -0.3 is 21.1 Å². The highest BCUT2D eigenvalue weighted by atomic mass is 16.5. The minimum absolute atomic E-state index is 0.0860. The average Bonchev–Trinajstić information content (AvgIpc) is 2.17. The summed E-state index contributed by atoms with van der Waals surface area (Å²) in [7, 11) is 1.41. The first-order valence-electron chi connectivity index (χ1n) is 5.22. The van der Waals surface area contributed by atoms with Crippen LogP contribution in [0.1, 0.15) is 13.8 Å². The van der Waals surface area contributed by atoms with Crippen LogP contribution in [0.4, 0.5) is 0 Å². The zero-order valence-corrected chi connectivity index (χ0v) is 10.1. The predicted molar refractivity (Wildman–Crippen MR) is 60.5 cm³/mol. The molecule has 4 N–H and O–H groups in total. The fourth-order valence-corrected chi connectivity index (χ4v) is 1.36. The summed E-state index contributed by atoms with van der Waals surface area (Å²) in [5, 5.41) is 0. The van der Waals surface area contributed by atoms with Crippen LogP contribution in [0.3, 0.4) is 0 Å². The highest BCUT2D eigenvalue weighted by Crippen LogP contribution is 2.03. The number of amides is 2. The van der Waals surface area contributed by atoms with Gasteiger partial charge in [0.2, 0.25) is 5.91 Å². The lowest BCUT2D eigenvalue weighted by Gasteiger charge is -2.26. The maximum Gasteiger partial charge on any atom is 0.253 e. The van der Waals surface area contributed by atoms with Crippen molar-refractivity contribution in [3.8, 4) is 0 Å². The van der Waals surface area contributed by atoms with E-state index in [1.54, 1.807) is 0 Å². The van der Waals surface area contributed by atoms with Gasteiger partial charge in [-0.05, 0) is 5.92 Å². The largest absolute Gasteiger partial charge is 0.370 e. The van der Waals surface area contributed by atoms with Gasteiger partial charge in [0, 0.05) is 20.2 Å². The van der Waals surface area contributed by atoms with Crippen molar-refractivity contribution >= 4 is 11.8 Å². The van der Waals surface area contributed by atoms with Crippen LogP contribution in [0, 0.1) is 5.92 Å². The standard InChI is InChI=1S/C10H21N3O3/c1-7(2)5-13(6-9(12)14)10(15)8(4-11)16-3/h7-8H,4-6,11H2,1-3H3,(H2,12,14). The van der Waals surface area contributed by atoms with Gasteiger partial charge in [0.15, 0.2) is 0 Å². The molecule has 0 spiro atoms. The van der Waals surface area contributed by atoms with Gasteiger partial charge in [-0.3, -0.25) is 9.59 Å². The molecule has 0 radical (unpaired) electrons. The number of rotatable bonds is 7. The van der Waals surface area contributed by atoms with Crippen molar-refractivity contribution in [2.24, 2.45) is 17.4 Å². The van der Waals surface area contributed by atoms with E-state index in [0.29, 0.717) is 6.54 Å². The Kier molecular flexibility index (Phi) is 6.67. The topological polar surface area (TPSA) is 98.7 Å². The molecule has 1 atom stereocenters. The number of carbonyl (C=O) groups is 2. The molecule has 0 saturated carbocycles. The molecule has 0 fully saturated rings. The molecule has 6 nitrogen and oxygen atoms in total. The molecule has 0 aliphatic rings. The van der Waals surface area contributed by atoms with E-state index in [1.165, 1.54) is 12.0 Å². The molecule has 0 aromatic rings. The highest BCUT2D eigenvalue weighted by molar-refractivity contribution is 5.86. The van der Waals surface area contributed by atoms with E-state index in [1.807, 2.05) is 13.8 Å². The fourth-order valence-electron chi connectivity index (χ4n) is 1.36. The van der Waals surface area contributed by atoms with Crippen LogP contribution in [-0.4, -0.2) is 49.6 Å². The summed E-state index contributed by atoms with van der Waals surface area (Å²) in [6.07, 6.45) is -0.710. The maximum absolute atomic E-state index is 11.9. The molecule has 0 heterocycles. The summed E-state index contributed by atoms with van der Waals surface area (Å²) >= 11 is 0. The Morgan fingerprint density at radius 1 is 1.38 bits per heavy atom. The summed E-state index contributed by atoms with van der Waals surface area (Å²) in [5.74, 6) is -0.586. The number of hydrogen-bond donors (Lipinski definition) is 2. The summed E-state index contributed by atoms with van der Waals surface area (Å²) in [6, 6.07) is 0. The SMILES string of the molecule is COC(CN)C(=O)N(CC(N)=O)CC(C)C. The van der Waals surface area contributed by atoms with Crippen LogP contribution in [0.15, 0.2) is 0 Å². The van der Waals surface area contributed by atoms with Crippen molar-refractivity contribution in [2.75, 3.05) is 26.7 Å². The van der Waals surface area contributed by atoms with Crippen molar-refractivity contribution in [3.05, 3.63) is 0 Å². The van der Waals surface area contributed by atoms with Gasteiger partial charge in [0.25, 0.3) is 5.91 Å². The Hall–Kier alpha value is -1.14. The second-order valence-corrected chi connectivity index (χ2v) is 4.04. The van der Waals surface area contributed by atoms with Crippen LogP contribution in [0.25, 0.3) is 0 Å². The number of nitrogens with zero attached hydrogens (tertiary/aromatic N) is 1. The van der Waals surface area contributed by atoms with Crippen molar-refractivity contribution in [1.82, 2.24) is 4.90 Å². The maximum atomic E-state index is 11.9. The van der Waals surface area contributed by atoms with Gasteiger partial charge in [-0.15, -0.1) is 0 Å². The lowest BCUT2D eigenvalue weighted by molar-refractivity contribution is -0.144. The lowest BCUT2D eigenvalue weighted by atomic mass is 10.2. The van der Waals surface area contributed by atoms with Crippen molar-refractivity contribution in [3.63, 3.8) is 0 Å². The smallest absolute Gasteiger partial charge is 0.253 e.